The summed E-state index contributed by atoms with van der Waals surface area (Å²) in [5.74, 6) is -0.695. The average Bonchev–Trinajstić information content (AvgIpc) is 2.59. The summed E-state index contributed by atoms with van der Waals surface area (Å²) in [6, 6.07) is 16.1. The number of ketones is 1. The quantitative estimate of drug-likeness (QED) is 0.607. The predicted octanol–water partition coefficient (Wildman–Crippen LogP) is 3.22. The van der Waals surface area contributed by atoms with Crippen molar-refractivity contribution in [1.29, 1.82) is 0 Å². The first-order valence-corrected chi connectivity index (χ1v) is 6.96. The van der Waals surface area contributed by atoms with Crippen LogP contribution in [0.1, 0.15) is 28.3 Å². The van der Waals surface area contributed by atoms with Gasteiger partial charge in [0.25, 0.3) is 0 Å². The van der Waals surface area contributed by atoms with Crippen LogP contribution >= 0.6 is 0 Å². The van der Waals surface area contributed by atoms with Gasteiger partial charge in [0.05, 0.1) is 25.7 Å². The fourth-order valence-corrected chi connectivity index (χ4v) is 2.34. The molecule has 4 heteroatoms. The highest BCUT2D eigenvalue weighted by atomic mass is 16.5. The molecule has 0 saturated carbocycles. The number of ether oxygens (including phenoxy) is 2. The molecule has 0 heterocycles. The third kappa shape index (κ3) is 3.52. The molecule has 0 amide bonds. The smallest absolute Gasteiger partial charge is 0.313 e. The van der Waals surface area contributed by atoms with Gasteiger partial charge in [-0.3, -0.25) is 9.59 Å². The van der Waals surface area contributed by atoms with Crippen LogP contribution in [-0.4, -0.2) is 26.0 Å². The van der Waals surface area contributed by atoms with Crippen molar-refractivity contribution in [2.75, 3.05) is 14.2 Å². The van der Waals surface area contributed by atoms with Crippen molar-refractivity contribution in [2.45, 2.75) is 12.3 Å². The van der Waals surface area contributed by atoms with Crippen molar-refractivity contribution in [1.82, 2.24) is 0 Å². The van der Waals surface area contributed by atoms with E-state index in [1.807, 2.05) is 30.3 Å². The molecule has 1 atom stereocenters. The lowest BCUT2D eigenvalue weighted by Crippen LogP contribution is -2.18. The number of para-hydroxylation sites is 1. The maximum Gasteiger partial charge on any atom is 0.313 e. The Balaban J connectivity index is 2.27. The van der Waals surface area contributed by atoms with Crippen molar-refractivity contribution in [3.05, 3.63) is 65.7 Å². The van der Waals surface area contributed by atoms with Gasteiger partial charge in [0, 0.05) is 6.42 Å². The van der Waals surface area contributed by atoms with Gasteiger partial charge in [-0.1, -0.05) is 42.5 Å². The van der Waals surface area contributed by atoms with E-state index in [0.29, 0.717) is 11.3 Å². The van der Waals surface area contributed by atoms with Gasteiger partial charge in [0.2, 0.25) is 0 Å². The third-order valence-electron chi connectivity index (χ3n) is 3.48. The minimum absolute atomic E-state index is 0.0387. The molecule has 0 N–H and O–H groups in total. The molecule has 114 valence electrons. The Hall–Kier alpha value is -2.62. The summed E-state index contributed by atoms with van der Waals surface area (Å²) in [6.07, 6.45) is 0.0387. The summed E-state index contributed by atoms with van der Waals surface area (Å²) >= 11 is 0. The lowest BCUT2D eigenvalue weighted by atomic mass is 9.91. The summed E-state index contributed by atoms with van der Waals surface area (Å²) in [5, 5.41) is 0. The number of hydrogen-bond donors (Lipinski definition) is 0. The number of Topliss-reactive ketones (excluding diaryl/α,β-unsaturated/α-hetero) is 1. The number of rotatable bonds is 6. The molecule has 22 heavy (non-hydrogen) atoms. The van der Waals surface area contributed by atoms with E-state index in [4.69, 9.17) is 9.47 Å². The second kappa shape index (κ2) is 7.41. The van der Waals surface area contributed by atoms with Gasteiger partial charge in [0.15, 0.2) is 5.78 Å². The molecule has 0 aliphatic heterocycles. The van der Waals surface area contributed by atoms with E-state index < -0.39 is 11.9 Å². The summed E-state index contributed by atoms with van der Waals surface area (Å²) in [5.41, 5.74) is 1.23. The summed E-state index contributed by atoms with van der Waals surface area (Å²) in [4.78, 5) is 24.6. The molecule has 4 nitrogen and oxygen atoms in total. The highest BCUT2D eigenvalue weighted by Crippen LogP contribution is 2.26. The molecule has 0 aromatic heterocycles. The number of carbonyl (C=O) groups excluding carboxylic acids is 2. The number of benzene rings is 2. The highest BCUT2D eigenvalue weighted by molar-refractivity contribution is 6.01. The highest BCUT2D eigenvalue weighted by Gasteiger charge is 2.26. The van der Waals surface area contributed by atoms with Crippen LogP contribution in [0.15, 0.2) is 54.6 Å². The summed E-state index contributed by atoms with van der Waals surface area (Å²) in [6.45, 7) is 0. The van der Waals surface area contributed by atoms with Crippen molar-refractivity contribution >= 4 is 11.8 Å². The Morgan fingerprint density at radius 3 is 2.23 bits per heavy atom. The fourth-order valence-electron chi connectivity index (χ4n) is 2.34. The van der Waals surface area contributed by atoms with E-state index in [1.165, 1.54) is 14.2 Å². The van der Waals surface area contributed by atoms with Crippen LogP contribution in [0.2, 0.25) is 0 Å². The molecule has 0 aliphatic rings. The lowest BCUT2D eigenvalue weighted by molar-refractivity contribution is -0.142. The van der Waals surface area contributed by atoms with Crippen LogP contribution in [0.25, 0.3) is 0 Å². The first kappa shape index (κ1) is 15.8. The van der Waals surface area contributed by atoms with Gasteiger partial charge in [-0.05, 0) is 17.7 Å². The number of esters is 1. The van der Waals surface area contributed by atoms with Crippen LogP contribution in [0.4, 0.5) is 0 Å². The fraction of sp³-hybridized carbons (Fsp3) is 0.222. The molecule has 2 aromatic rings. The molecular weight excluding hydrogens is 280 g/mol. The SMILES string of the molecule is COC(=O)C(CC(=O)c1ccccc1OC)c1ccccc1. The van der Waals surface area contributed by atoms with Crippen LogP contribution in [0, 0.1) is 0 Å². The van der Waals surface area contributed by atoms with Crippen LogP contribution < -0.4 is 4.74 Å². The molecular formula is C18H18O4. The van der Waals surface area contributed by atoms with Gasteiger partial charge in [-0.25, -0.2) is 0 Å². The topological polar surface area (TPSA) is 52.6 Å². The van der Waals surface area contributed by atoms with Crippen molar-refractivity contribution in [2.24, 2.45) is 0 Å². The van der Waals surface area contributed by atoms with E-state index in [1.54, 1.807) is 24.3 Å². The monoisotopic (exact) mass is 298 g/mol. The van der Waals surface area contributed by atoms with E-state index in [0.717, 1.165) is 5.56 Å². The van der Waals surface area contributed by atoms with Crippen molar-refractivity contribution in [3.8, 4) is 5.75 Å². The minimum Gasteiger partial charge on any atom is -0.496 e. The van der Waals surface area contributed by atoms with Gasteiger partial charge >= 0.3 is 5.97 Å². The van der Waals surface area contributed by atoms with Crippen LogP contribution in [-0.2, 0) is 9.53 Å². The Labute approximate surface area is 129 Å². The Bertz CT molecular complexity index is 649. The molecule has 2 rings (SSSR count). The largest absolute Gasteiger partial charge is 0.496 e. The average molecular weight is 298 g/mol. The van der Waals surface area contributed by atoms with E-state index in [2.05, 4.69) is 0 Å². The van der Waals surface area contributed by atoms with E-state index >= 15 is 0 Å². The molecule has 0 saturated heterocycles. The number of methoxy groups -OCH3 is 2. The number of carbonyl (C=O) groups is 2. The normalized spacial score (nSPS) is 11.5. The molecule has 0 bridgehead atoms. The standard InChI is InChI=1S/C18H18O4/c1-21-17-11-7-6-10-14(17)16(19)12-15(18(20)22-2)13-8-4-3-5-9-13/h3-11,15H,12H2,1-2H3. The molecule has 2 aromatic carbocycles. The zero-order valence-corrected chi connectivity index (χ0v) is 12.6. The van der Waals surface area contributed by atoms with Gasteiger partial charge in [0.1, 0.15) is 5.75 Å². The molecule has 0 spiro atoms. The molecule has 0 aliphatic carbocycles. The molecule has 0 radical (unpaired) electrons. The zero-order valence-electron chi connectivity index (χ0n) is 12.6. The minimum atomic E-state index is -0.622. The first-order valence-electron chi connectivity index (χ1n) is 6.96. The second-order valence-electron chi connectivity index (χ2n) is 4.81. The van der Waals surface area contributed by atoms with Gasteiger partial charge < -0.3 is 9.47 Å². The summed E-state index contributed by atoms with van der Waals surface area (Å²) in [7, 11) is 2.84. The predicted molar refractivity (Wildman–Crippen MR) is 83.1 cm³/mol. The Kier molecular flexibility index (Phi) is 5.31. The second-order valence-corrected chi connectivity index (χ2v) is 4.81. The van der Waals surface area contributed by atoms with Gasteiger partial charge in [-0.2, -0.15) is 0 Å². The summed E-state index contributed by atoms with van der Waals surface area (Å²) < 4.78 is 10.0. The first-order chi connectivity index (χ1) is 10.7. The van der Waals surface area contributed by atoms with E-state index in [9.17, 15) is 9.59 Å². The lowest BCUT2D eigenvalue weighted by Gasteiger charge is -2.15. The third-order valence-corrected chi connectivity index (χ3v) is 3.48. The van der Waals surface area contributed by atoms with Gasteiger partial charge in [-0.15, -0.1) is 0 Å². The Morgan fingerprint density at radius 2 is 1.59 bits per heavy atom. The number of hydrogen-bond acceptors (Lipinski definition) is 4. The van der Waals surface area contributed by atoms with E-state index in [-0.39, 0.29) is 12.2 Å². The van der Waals surface area contributed by atoms with Crippen molar-refractivity contribution in [3.63, 3.8) is 0 Å². The zero-order chi connectivity index (χ0) is 15.9. The van der Waals surface area contributed by atoms with Crippen molar-refractivity contribution < 1.29 is 19.1 Å². The van der Waals surface area contributed by atoms with Crippen LogP contribution in [0.5, 0.6) is 5.75 Å². The van der Waals surface area contributed by atoms with Crippen LogP contribution in [0.3, 0.4) is 0 Å². The Morgan fingerprint density at radius 1 is 0.955 bits per heavy atom. The molecule has 1 unspecified atom stereocenters. The maximum absolute atomic E-state index is 12.5. The maximum atomic E-state index is 12.5. The molecule has 0 fully saturated rings.